The summed E-state index contributed by atoms with van der Waals surface area (Å²) in [6.07, 6.45) is 0. The van der Waals surface area contributed by atoms with Crippen molar-refractivity contribution in [3.63, 3.8) is 0 Å². The first-order valence-electron chi connectivity index (χ1n) is 12.5. The quantitative estimate of drug-likeness (QED) is 0.165. The number of esters is 2. The molecule has 1 unspecified atom stereocenters. The van der Waals surface area contributed by atoms with Crippen LogP contribution in [0.1, 0.15) is 37.8 Å². The van der Waals surface area contributed by atoms with Crippen LogP contribution in [0.2, 0.25) is 0 Å². The SMILES string of the molecule is CCOC(=O)C1=C(C)NC(CSCCNCc2ccccc2)=C(C(=O)OCC)C1c1cccc([N+](=O)[O-])c1. The van der Waals surface area contributed by atoms with Crippen LogP contribution in [0.15, 0.2) is 77.1 Å². The Kier molecular flexibility index (Phi) is 10.9. The highest BCUT2D eigenvalue weighted by Gasteiger charge is 2.39. The minimum Gasteiger partial charge on any atom is -0.463 e. The molecule has 10 heteroatoms. The highest BCUT2D eigenvalue weighted by molar-refractivity contribution is 7.99. The summed E-state index contributed by atoms with van der Waals surface area (Å²) in [5.74, 6) is -0.805. The number of hydrogen-bond acceptors (Lipinski definition) is 9. The van der Waals surface area contributed by atoms with Crippen molar-refractivity contribution in [2.75, 3.05) is 31.3 Å². The summed E-state index contributed by atoms with van der Waals surface area (Å²) in [4.78, 5) is 37.3. The number of nitro groups is 1. The maximum absolute atomic E-state index is 13.3. The summed E-state index contributed by atoms with van der Waals surface area (Å²) in [5, 5.41) is 18.1. The normalized spacial score (nSPS) is 15.2. The Morgan fingerprint density at radius 1 is 1.03 bits per heavy atom. The van der Waals surface area contributed by atoms with E-state index in [2.05, 4.69) is 22.8 Å². The number of carbonyl (C=O) groups excluding carboxylic acids is 2. The smallest absolute Gasteiger partial charge is 0.336 e. The zero-order chi connectivity index (χ0) is 27.5. The third kappa shape index (κ3) is 7.45. The highest BCUT2D eigenvalue weighted by Crippen LogP contribution is 2.40. The molecule has 1 aliphatic heterocycles. The Hall–Kier alpha value is -3.63. The van der Waals surface area contributed by atoms with Crippen LogP contribution in [0, 0.1) is 10.1 Å². The van der Waals surface area contributed by atoms with Gasteiger partial charge in [-0.1, -0.05) is 42.5 Å². The number of nitro benzene ring substituents is 1. The van der Waals surface area contributed by atoms with Gasteiger partial charge in [-0.05, 0) is 31.9 Å². The molecule has 0 spiro atoms. The molecule has 0 fully saturated rings. The van der Waals surface area contributed by atoms with E-state index < -0.39 is 22.8 Å². The maximum atomic E-state index is 13.3. The van der Waals surface area contributed by atoms with Gasteiger partial charge in [0.05, 0.1) is 35.2 Å². The van der Waals surface area contributed by atoms with Crippen molar-refractivity contribution in [2.45, 2.75) is 33.2 Å². The van der Waals surface area contributed by atoms with Crippen LogP contribution in [0.3, 0.4) is 0 Å². The molecule has 2 aromatic carbocycles. The highest BCUT2D eigenvalue weighted by atomic mass is 32.2. The van der Waals surface area contributed by atoms with E-state index in [1.807, 2.05) is 18.2 Å². The van der Waals surface area contributed by atoms with Gasteiger partial charge in [0.1, 0.15) is 0 Å². The second kappa shape index (κ2) is 14.3. The van der Waals surface area contributed by atoms with Crippen LogP contribution in [0.4, 0.5) is 5.69 Å². The van der Waals surface area contributed by atoms with E-state index in [0.29, 0.717) is 22.7 Å². The molecule has 2 aromatic rings. The Morgan fingerprint density at radius 3 is 2.37 bits per heavy atom. The minimum absolute atomic E-state index is 0.134. The lowest BCUT2D eigenvalue weighted by Crippen LogP contribution is -2.34. The first-order chi connectivity index (χ1) is 18.4. The second-order valence-corrected chi connectivity index (χ2v) is 9.60. The Bertz CT molecular complexity index is 1210. The molecule has 38 heavy (non-hydrogen) atoms. The fraction of sp³-hybridized carbons (Fsp3) is 0.357. The number of non-ortho nitro benzene ring substituents is 1. The van der Waals surface area contributed by atoms with E-state index in [0.717, 1.165) is 18.8 Å². The van der Waals surface area contributed by atoms with Gasteiger partial charge in [-0.3, -0.25) is 10.1 Å². The molecule has 9 nitrogen and oxygen atoms in total. The van der Waals surface area contributed by atoms with Gasteiger partial charge in [0.25, 0.3) is 5.69 Å². The Balaban J connectivity index is 1.89. The van der Waals surface area contributed by atoms with Crippen LogP contribution < -0.4 is 10.6 Å². The Morgan fingerprint density at radius 2 is 1.71 bits per heavy atom. The number of allylic oxidation sites excluding steroid dienone is 1. The summed E-state index contributed by atoms with van der Waals surface area (Å²) < 4.78 is 10.7. The molecule has 0 bridgehead atoms. The lowest BCUT2D eigenvalue weighted by molar-refractivity contribution is -0.384. The van der Waals surface area contributed by atoms with Crippen molar-refractivity contribution in [3.05, 3.63) is 98.4 Å². The molecule has 0 aromatic heterocycles. The summed E-state index contributed by atoms with van der Waals surface area (Å²) >= 11 is 1.62. The van der Waals surface area contributed by atoms with Crippen molar-refractivity contribution < 1.29 is 24.0 Å². The van der Waals surface area contributed by atoms with Gasteiger partial charge in [0, 0.05) is 48.1 Å². The molecule has 0 radical (unpaired) electrons. The fourth-order valence-corrected chi connectivity index (χ4v) is 5.10. The van der Waals surface area contributed by atoms with Crippen molar-refractivity contribution in [1.82, 2.24) is 10.6 Å². The van der Waals surface area contributed by atoms with Crippen LogP contribution in [0.5, 0.6) is 0 Å². The Labute approximate surface area is 226 Å². The number of nitrogens with zero attached hydrogens (tertiary/aromatic N) is 1. The molecule has 1 aliphatic rings. The number of benzene rings is 2. The van der Waals surface area contributed by atoms with Gasteiger partial charge >= 0.3 is 11.9 Å². The first-order valence-corrected chi connectivity index (χ1v) is 13.6. The summed E-state index contributed by atoms with van der Waals surface area (Å²) in [6, 6.07) is 16.1. The number of carbonyl (C=O) groups is 2. The van der Waals surface area contributed by atoms with Gasteiger partial charge < -0.3 is 20.1 Å². The average Bonchev–Trinajstić information content (AvgIpc) is 2.91. The first kappa shape index (κ1) is 28.9. The number of thioether (sulfide) groups is 1. The second-order valence-electron chi connectivity index (χ2n) is 8.50. The number of rotatable bonds is 13. The van der Waals surface area contributed by atoms with Gasteiger partial charge in [-0.2, -0.15) is 11.8 Å². The van der Waals surface area contributed by atoms with Crippen LogP contribution in [0.25, 0.3) is 0 Å². The van der Waals surface area contributed by atoms with E-state index in [-0.39, 0.29) is 30.0 Å². The van der Waals surface area contributed by atoms with Gasteiger partial charge in [-0.15, -0.1) is 0 Å². The molecule has 0 amide bonds. The van der Waals surface area contributed by atoms with E-state index in [1.54, 1.807) is 44.7 Å². The summed E-state index contributed by atoms with van der Waals surface area (Å²) in [5.41, 5.74) is 3.14. The molecule has 0 saturated heterocycles. The molecule has 2 N–H and O–H groups in total. The fourth-order valence-electron chi connectivity index (χ4n) is 4.24. The van der Waals surface area contributed by atoms with Crippen LogP contribution >= 0.6 is 11.8 Å². The predicted octanol–water partition coefficient (Wildman–Crippen LogP) is 4.46. The molecule has 0 saturated carbocycles. The van der Waals surface area contributed by atoms with Crippen molar-refractivity contribution >= 4 is 29.4 Å². The summed E-state index contributed by atoms with van der Waals surface area (Å²) in [6.45, 7) is 6.96. The maximum Gasteiger partial charge on any atom is 0.336 e. The van der Waals surface area contributed by atoms with Gasteiger partial charge in [0.15, 0.2) is 0 Å². The summed E-state index contributed by atoms with van der Waals surface area (Å²) in [7, 11) is 0. The zero-order valence-electron chi connectivity index (χ0n) is 21.8. The third-order valence-electron chi connectivity index (χ3n) is 5.89. The molecule has 3 rings (SSSR count). The van der Waals surface area contributed by atoms with E-state index in [1.165, 1.54) is 17.7 Å². The average molecular weight is 540 g/mol. The predicted molar refractivity (Wildman–Crippen MR) is 147 cm³/mol. The van der Waals surface area contributed by atoms with E-state index in [4.69, 9.17) is 9.47 Å². The number of hydrogen-bond donors (Lipinski definition) is 2. The van der Waals surface area contributed by atoms with Crippen molar-refractivity contribution in [1.29, 1.82) is 0 Å². The zero-order valence-corrected chi connectivity index (χ0v) is 22.6. The molecule has 1 atom stereocenters. The van der Waals surface area contributed by atoms with Crippen molar-refractivity contribution in [2.24, 2.45) is 0 Å². The number of nitrogens with one attached hydrogen (secondary N) is 2. The van der Waals surface area contributed by atoms with Crippen LogP contribution in [-0.4, -0.2) is 48.1 Å². The molecule has 1 heterocycles. The number of dihydropyridines is 1. The monoisotopic (exact) mass is 539 g/mol. The molecule has 202 valence electrons. The van der Waals surface area contributed by atoms with Crippen LogP contribution in [-0.2, 0) is 25.6 Å². The van der Waals surface area contributed by atoms with Gasteiger partial charge in [-0.25, -0.2) is 9.59 Å². The topological polar surface area (TPSA) is 120 Å². The standard InChI is InChI=1S/C28H33N3O6S/c1-4-36-27(32)24-19(3)30-23(18-38-15-14-29-17-20-10-7-6-8-11-20)26(28(33)37-5-2)25(24)21-12-9-13-22(16-21)31(34)35/h6-13,16,25,29-30H,4-5,14-15,17-18H2,1-3H3. The third-order valence-corrected chi connectivity index (χ3v) is 6.88. The van der Waals surface area contributed by atoms with E-state index >= 15 is 0 Å². The molecule has 0 aliphatic carbocycles. The lowest BCUT2D eigenvalue weighted by atomic mass is 9.80. The van der Waals surface area contributed by atoms with Gasteiger partial charge in [0.2, 0.25) is 0 Å². The lowest BCUT2D eigenvalue weighted by Gasteiger charge is -2.31. The number of ether oxygens (including phenoxy) is 2. The van der Waals surface area contributed by atoms with Crippen molar-refractivity contribution in [3.8, 4) is 0 Å². The molecular weight excluding hydrogens is 506 g/mol. The molecular formula is C28H33N3O6S. The van der Waals surface area contributed by atoms with E-state index in [9.17, 15) is 19.7 Å². The largest absolute Gasteiger partial charge is 0.463 e. The minimum atomic E-state index is -0.874.